The molecule has 0 aliphatic heterocycles. The Morgan fingerprint density at radius 3 is 1.20 bits per heavy atom. The van der Waals surface area contributed by atoms with Gasteiger partial charge < -0.3 is 20.1 Å². The van der Waals surface area contributed by atoms with Gasteiger partial charge in [0.15, 0.2) is 0 Å². The Morgan fingerprint density at radius 1 is 0.500 bits per heavy atom. The summed E-state index contributed by atoms with van der Waals surface area (Å²) in [5.41, 5.74) is 0. The van der Waals surface area contributed by atoms with Crippen molar-refractivity contribution in [3.8, 4) is 0 Å². The molecule has 0 saturated heterocycles. The van der Waals surface area contributed by atoms with Crippen LogP contribution < -0.4 is 5.32 Å². The maximum Gasteiger partial charge on any atom is 0.472 e. The highest BCUT2D eigenvalue weighted by Gasteiger charge is 2.23. The van der Waals surface area contributed by atoms with E-state index in [2.05, 4.69) is 19.2 Å². The van der Waals surface area contributed by atoms with Crippen LogP contribution in [0.15, 0.2) is 0 Å². The quantitative estimate of drug-likeness (QED) is 0.0316. The van der Waals surface area contributed by atoms with Crippen molar-refractivity contribution in [2.24, 2.45) is 0 Å². The molecule has 0 fully saturated rings. The second-order valence-corrected chi connectivity index (χ2v) is 17.2. The standard InChI is InChI=1S/C44H88NO8P/c1-3-5-7-9-11-13-15-16-17-18-19-20-21-22-23-24-25-27-28-30-32-34-36-43(47)45-38-39-52-54(49,50)53-41-42(46)40-51-44(48)37-35-33-31-29-26-14-12-10-8-6-4-2/h42,46H,3-41H2,1-2H3,(H,45,47)(H,49,50). The van der Waals surface area contributed by atoms with E-state index in [9.17, 15) is 24.2 Å². The summed E-state index contributed by atoms with van der Waals surface area (Å²) in [6, 6.07) is 0. The Morgan fingerprint density at radius 2 is 0.833 bits per heavy atom. The van der Waals surface area contributed by atoms with Crippen LogP contribution in [0.25, 0.3) is 0 Å². The molecule has 0 spiro atoms. The zero-order chi connectivity index (χ0) is 39.6. The van der Waals surface area contributed by atoms with Crippen molar-refractivity contribution in [2.75, 3.05) is 26.4 Å². The fraction of sp³-hybridized carbons (Fsp3) is 0.955. The number of amides is 1. The summed E-state index contributed by atoms with van der Waals surface area (Å²) in [6.07, 6.45) is 41.9. The lowest BCUT2D eigenvalue weighted by molar-refractivity contribution is -0.147. The first-order valence-electron chi connectivity index (χ1n) is 23.0. The van der Waals surface area contributed by atoms with Crippen LogP contribution in [-0.2, 0) is 27.9 Å². The van der Waals surface area contributed by atoms with E-state index in [0.29, 0.717) is 6.42 Å². The molecule has 0 radical (unpaired) electrons. The first kappa shape index (κ1) is 53.0. The molecular weight excluding hydrogens is 701 g/mol. The van der Waals surface area contributed by atoms with Gasteiger partial charge in [0, 0.05) is 19.4 Å². The minimum atomic E-state index is -4.41. The summed E-state index contributed by atoms with van der Waals surface area (Å²) in [5.74, 6) is -0.504. The zero-order valence-electron chi connectivity index (χ0n) is 35.4. The van der Waals surface area contributed by atoms with Crippen molar-refractivity contribution in [1.82, 2.24) is 5.32 Å². The summed E-state index contributed by atoms with van der Waals surface area (Å²) in [7, 11) is -4.41. The van der Waals surface area contributed by atoms with Gasteiger partial charge in [-0.1, -0.05) is 213 Å². The van der Waals surface area contributed by atoms with E-state index in [1.165, 1.54) is 173 Å². The SMILES string of the molecule is CCCCCCCCCCCCCCCCCCCCCCCCC(=O)NCCOP(=O)(O)OCC(O)COC(=O)CCCCCCCCCCCCC. The predicted molar refractivity (Wildman–Crippen MR) is 225 cm³/mol. The van der Waals surface area contributed by atoms with Gasteiger partial charge in [-0.2, -0.15) is 0 Å². The van der Waals surface area contributed by atoms with Gasteiger partial charge in [0.25, 0.3) is 0 Å². The van der Waals surface area contributed by atoms with Crippen LogP contribution in [0.5, 0.6) is 0 Å². The fourth-order valence-electron chi connectivity index (χ4n) is 6.79. The Balaban J connectivity index is 3.50. The van der Waals surface area contributed by atoms with Gasteiger partial charge in [-0.25, -0.2) is 4.57 Å². The zero-order valence-corrected chi connectivity index (χ0v) is 36.3. The van der Waals surface area contributed by atoms with Crippen molar-refractivity contribution in [3.05, 3.63) is 0 Å². The number of nitrogens with one attached hydrogen (secondary N) is 1. The van der Waals surface area contributed by atoms with Gasteiger partial charge >= 0.3 is 13.8 Å². The summed E-state index contributed by atoms with van der Waals surface area (Å²) in [5, 5.41) is 12.7. The van der Waals surface area contributed by atoms with Crippen molar-refractivity contribution < 1.29 is 37.9 Å². The highest BCUT2D eigenvalue weighted by Crippen LogP contribution is 2.42. The van der Waals surface area contributed by atoms with Crippen molar-refractivity contribution >= 4 is 19.7 Å². The van der Waals surface area contributed by atoms with Crippen LogP contribution in [0.3, 0.4) is 0 Å². The average molecular weight is 790 g/mol. The van der Waals surface area contributed by atoms with Crippen LogP contribution in [0, 0.1) is 0 Å². The van der Waals surface area contributed by atoms with Crippen molar-refractivity contribution in [3.63, 3.8) is 0 Å². The van der Waals surface area contributed by atoms with Crippen molar-refractivity contribution in [1.29, 1.82) is 0 Å². The number of ether oxygens (including phenoxy) is 1. The van der Waals surface area contributed by atoms with Crippen LogP contribution in [0.4, 0.5) is 0 Å². The number of esters is 1. The number of aliphatic hydroxyl groups excluding tert-OH is 1. The molecule has 0 heterocycles. The summed E-state index contributed by atoms with van der Waals surface area (Å²) < 4.78 is 26.9. The molecule has 10 heteroatoms. The highest BCUT2D eigenvalue weighted by atomic mass is 31.2. The normalized spacial score (nSPS) is 13.2. The second kappa shape index (κ2) is 41.6. The van der Waals surface area contributed by atoms with E-state index in [0.717, 1.165) is 38.5 Å². The number of hydrogen-bond acceptors (Lipinski definition) is 7. The third kappa shape index (κ3) is 42.2. The van der Waals surface area contributed by atoms with E-state index in [1.807, 2.05) is 0 Å². The minimum absolute atomic E-state index is 0.0886. The molecule has 0 aromatic heterocycles. The summed E-state index contributed by atoms with van der Waals surface area (Å²) in [6.45, 7) is 3.59. The summed E-state index contributed by atoms with van der Waals surface area (Å²) in [4.78, 5) is 33.9. The number of aliphatic hydroxyl groups is 1. The lowest BCUT2D eigenvalue weighted by atomic mass is 10.0. The van der Waals surface area contributed by atoms with E-state index in [-0.39, 0.29) is 32.1 Å². The number of phosphoric acid groups is 1. The smallest absolute Gasteiger partial charge is 0.463 e. The Labute approximate surface area is 333 Å². The molecule has 1 amide bonds. The van der Waals surface area contributed by atoms with Gasteiger partial charge in [-0.3, -0.25) is 18.6 Å². The third-order valence-electron chi connectivity index (χ3n) is 10.3. The third-order valence-corrected chi connectivity index (χ3v) is 11.3. The van der Waals surface area contributed by atoms with Crippen molar-refractivity contribution in [2.45, 2.75) is 245 Å². The molecule has 0 bridgehead atoms. The Bertz CT molecular complexity index is 860. The minimum Gasteiger partial charge on any atom is -0.463 e. The maximum absolute atomic E-state index is 12.1. The van der Waals surface area contributed by atoms with Gasteiger partial charge in [0.05, 0.1) is 13.2 Å². The molecule has 9 nitrogen and oxygen atoms in total. The first-order chi connectivity index (χ1) is 26.3. The average Bonchev–Trinajstić information content (AvgIpc) is 3.16. The predicted octanol–water partition coefficient (Wildman–Crippen LogP) is 12.8. The number of unbranched alkanes of at least 4 members (excludes halogenated alkanes) is 31. The molecule has 0 aromatic carbocycles. The highest BCUT2D eigenvalue weighted by molar-refractivity contribution is 7.47. The lowest BCUT2D eigenvalue weighted by Crippen LogP contribution is -2.27. The largest absolute Gasteiger partial charge is 0.472 e. The van der Waals surface area contributed by atoms with Gasteiger partial charge in [-0.15, -0.1) is 0 Å². The van der Waals surface area contributed by atoms with E-state index in [1.54, 1.807) is 0 Å². The van der Waals surface area contributed by atoms with Crippen LogP contribution in [-0.4, -0.2) is 54.3 Å². The van der Waals surface area contributed by atoms with Crippen LogP contribution in [0.1, 0.15) is 239 Å². The fourth-order valence-corrected chi connectivity index (χ4v) is 7.55. The molecule has 2 unspecified atom stereocenters. The van der Waals surface area contributed by atoms with E-state index < -0.39 is 26.5 Å². The lowest BCUT2D eigenvalue weighted by Gasteiger charge is -2.15. The monoisotopic (exact) mass is 790 g/mol. The van der Waals surface area contributed by atoms with Crippen LogP contribution >= 0.6 is 7.82 Å². The summed E-state index contributed by atoms with van der Waals surface area (Å²) >= 11 is 0. The van der Waals surface area contributed by atoms with E-state index in [4.69, 9.17) is 13.8 Å². The number of carbonyl (C=O) groups excluding carboxylic acids is 2. The topological polar surface area (TPSA) is 131 Å². The number of hydrogen-bond donors (Lipinski definition) is 3. The molecule has 322 valence electrons. The molecule has 54 heavy (non-hydrogen) atoms. The number of carbonyl (C=O) groups is 2. The second-order valence-electron chi connectivity index (χ2n) is 15.7. The molecule has 0 saturated carbocycles. The molecule has 0 rings (SSSR count). The van der Waals surface area contributed by atoms with Gasteiger partial charge in [0.2, 0.25) is 5.91 Å². The molecule has 0 aromatic rings. The van der Waals surface area contributed by atoms with Gasteiger partial charge in [0.1, 0.15) is 12.7 Å². The first-order valence-corrected chi connectivity index (χ1v) is 24.5. The van der Waals surface area contributed by atoms with Gasteiger partial charge in [-0.05, 0) is 12.8 Å². The molecule has 0 aliphatic rings. The molecule has 0 aliphatic carbocycles. The molecular formula is C44H88NO8P. The Kier molecular flexibility index (Phi) is 40.9. The maximum atomic E-state index is 12.1. The van der Waals surface area contributed by atoms with E-state index >= 15 is 0 Å². The molecule has 3 N–H and O–H groups in total. The van der Waals surface area contributed by atoms with Crippen LogP contribution in [0.2, 0.25) is 0 Å². The number of rotatable bonds is 44. The number of phosphoric ester groups is 1. The molecule has 2 atom stereocenters. The Hall–Kier alpha value is -0.990.